The number of carbonyl (C=O) groups is 1. The summed E-state index contributed by atoms with van der Waals surface area (Å²) in [5.41, 5.74) is 0. The van der Waals surface area contributed by atoms with Crippen LogP contribution in [-0.4, -0.2) is 35.3 Å². The number of hydrogen-bond acceptors (Lipinski definition) is 4. The molecule has 2 bridgehead atoms. The first-order chi connectivity index (χ1) is 7.78. The topological polar surface area (TPSA) is 33.2 Å². The van der Waals surface area contributed by atoms with Crippen molar-refractivity contribution >= 4 is 17.6 Å². The van der Waals surface area contributed by atoms with Crippen molar-refractivity contribution in [2.45, 2.75) is 43.7 Å². The third-order valence-corrected chi connectivity index (χ3v) is 5.19. The normalized spacial score (nSPS) is 34.2. The minimum absolute atomic E-state index is 0.590. The van der Waals surface area contributed by atoms with Crippen molar-refractivity contribution in [3.63, 3.8) is 0 Å². The highest BCUT2D eigenvalue weighted by Gasteiger charge is 2.39. The van der Waals surface area contributed by atoms with Crippen LogP contribution in [-0.2, 0) is 0 Å². The molecule has 4 heteroatoms. The molecule has 3 nitrogen and oxygen atoms in total. The van der Waals surface area contributed by atoms with Gasteiger partial charge in [-0.2, -0.15) is 0 Å². The predicted octanol–water partition coefficient (Wildman–Crippen LogP) is 2.30. The Balaban J connectivity index is 1.79. The lowest BCUT2D eigenvalue weighted by Crippen LogP contribution is -2.39. The molecule has 16 heavy (non-hydrogen) atoms. The molecule has 2 fully saturated rings. The maximum absolute atomic E-state index is 10.7. The van der Waals surface area contributed by atoms with Crippen molar-refractivity contribution in [3.05, 3.63) is 16.1 Å². The van der Waals surface area contributed by atoms with Gasteiger partial charge < -0.3 is 4.90 Å². The summed E-state index contributed by atoms with van der Waals surface area (Å²) in [6.45, 7) is 0. The van der Waals surface area contributed by atoms with Gasteiger partial charge in [0.15, 0.2) is 6.29 Å². The van der Waals surface area contributed by atoms with Crippen molar-refractivity contribution in [1.29, 1.82) is 0 Å². The number of aromatic nitrogens is 1. The summed E-state index contributed by atoms with van der Waals surface area (Å²) < 4.78 is 0. The van der Waals surface area contributed by atoms with E-state index in [1.807, 2.05) is 0 Å². The number of aldehydes is 1. The van der Waals surface area contributed by atoms with Crippen LogP contribution in [0.25, 0.3) is 0 Å². The van der Waals surface area contributed by atoms with E-state index in [1.54, 1.807) is 17.5 Å². The van der Waals surface area contributed by atoms with Gasteiger partial charge in [-0.05, 0) is 32.7 Å². The Labute approximate surface area is 99.5 Å². The molecular weight excluding hydrogens is 220 g/mol. The highest BCUT2D eigenvalue weighted by atomic mass is 32.1. The summed E-state index contributed by atoms with van der Waals surface area (Å²) in [4.78, 5) is 18.4. The van der Waals surface area contributed by atoms with E-state index in [2.05, 4.69) is 16.9 Å². The average Bonchev–Trinajstić information content (AvgIpc) is 2.82. The zero-order valence-electron chi connectivity index (χ0n) is 9.43. The molecular formula is C12H16N2OS. The molecule has 3 rings (SSSR count). The van der Waals surface area contributed by atoms with Crippen LogP contribution >= 0.6 is 11.3 Å². The zero-order chi connectivity index (χ0) is 11.1. The molecule has 0 aliphatic carbocycles. The van der Waals surface area contributed by atoms with Gasteiger partial charge in [-0.3, -0.25) is 4.79 Å². The fourth-order valence-electron chi connectivity index (χ4n) is 3.16. The number of fused-ring (bicyclic) bond motifs is 2. The summed E-state index contributed by atoms with van der Waals surface area (Å²) in [6, 6.07) is 1.49. The summed E-state index contributed by atoms with van der Waals surface area (Å²) in [6.07, 6.45) is 7.74. The van der Waals surface area contributed by atoms with Gasteiger partial charge in [0, 0.05) is 24.2 Å². The average molecular weight is 236 g/mol. The number of nitrogens with zero attached hydrogens (tertiary/aromatic N) is 2. The summed E-state index contributed by atoms with van der Waals surface area (Å²) in [5.74, 6) is 0.590. The standard InChI is InChI=1S/C12H16N2OS/c1-14-9-2-3-10(14)5-8(4-9)12-13-6-11(7-15)16-12/h6-10H,2-5H2,1H3. The molecule has 1 aromatic heterocycles. The van der Waals surface area contributed by atoms with Crippen LogP contribution in [0.5, 0.6) is 0 Å². The van der Waals surface area contributed by atoms with Crippen molar-refractivity contribution in [3.8, 4) is 0 Å². The van der Waals surface area contributed by atoms with Crippen LogP contribution in [0.4, 0.5) is 0 Å². The Bertz CT molecular complexity index is 389. The van der Waals surface area contributed by atoms with E-state index in [1.165, 1.54) is 30.7 Å². The lowest BCUT2D eigenvalue weighted by atomic mass is 9.92. The lowest BCUT2D eigenvalue weighted by Gasteiger charge is -2.35. The van der Waals surface area contributed by atoms with Crippen molar-refractivity contribution in [1.82, 2.24) is 9.88 Å². The Morgan fingerprint density at radius 1 is 1.44 bits per heavy atom. The second kappa shape index (κ2) is 3.93. The molecule has 2 aliphatic rings. The van der Waals surface area contributed by atoms with Crippen LogP contribution in [0.2, 0.25) is 0 Å². The molecule has 1 aromatic rings. The van der Waals surface area contributed by atoms with Crippen LogP contribution in [0.3, 0.4) is 0 Å². The van der Waals surface area contributed by atoms with E-state index in [4.69, 9.17) is 0 Å². The van der Waals surface area contributed by atoms with Crippen molar-refractivity contribution in [2.75, 3.05) is 7.05 Å². The van der Waals surface area contributed by atoms with E-state index >= 15 is 0 Å². The smallest absolute Gasteiger partial charge is 0.161 e. The second-order valence-electron chi connectivity index (χ2n) is 4.94. The number of thiazole rings is 1. The maximum atomic E-state index is 10.7. The van der Waals surface area contributed by atoms with Gasteiger partial charge in [-0.1, -0.05) is 0 Å². The van der Waals surface area contributed by atoms with Crippen molar-refractivity contribution < 1.29 is 4.79 Å². The van der Waals surface area contributed by atoms with E-state index in [0.29, 0.717) is 5.92 Å². The van der Waals surface area contributed by atoms with Crippen LogP contribution < -0.4 is 0 Å². The minimum atomic E-state index is 0.590. The first-order valence-corrected chi connectivity index (χ1v) is 6.72. The Kier molecular flexibility index (Phi) is 2.56. The molecule has 0 aromatic carbocycles. The van der Waals surface area contributed by atoms with E-state index in [0.717, 1.165) is 23.2 Å². The Hall–Kier alpha value is -0.740. The molecule has 2 unspecified atom stereocenters. The molecule has 0 radical (unpaired) electrons. The maximum Gasteiger partial charge on any atom is 0.161 e. The highest BCUT2D eigenvalue weighted by Crippen LogP contribution is 2.42. The Morgan fingerprint density at radius 3 is 2.69 bits per heavy atom. The number of rotatable bonds is 2. The first kappa shape index (κ1) is 10.4. The second-order valence-corrected chi connectivity index (χ2v) is 6.03. The van der Waals surface area contributed by atoms with E-state index in [-0.39, 0.29) is 0 Å². The van der Waals surface area contributed by atoms with Crippen LogP contribution in [0.1, 0.15) is 46.3 Å². The highest BCUT2D eigenvalue weighted by molar-refractivity contribution is 7.13. The molecule has 0 amide bonds. The Morgan fingerprint density at radius 2 is 2.12 bits per heavy atom. The van der Waals surface area contributed by atoms with Gasteiger partial charge in [-0.25, -0.2) is 4.98 Å². The summed E-state index contributed by atoms with van der Waals surface area (Å²) >= 11 is 1.57. The van der Waals surface area contributed by atoms with Crippen LogP contribution in [0, 0.1) is 0 Å². The van der Waals surface area contributed by atoms with Gasteiger partial charge >= 0.3 is 0 Å². The zero-order valence-corrected chi connectivity index (χ0v) is 10.2. The molecule has 2 saturated heterocycles. The molecule has 0 saturated carbocycles. The monoisotopic (exact) mass is 236 g/mol. The van der Waals surface area contributed by atoms with E-state index < -0.39 is 0 Å². The SMILES string of the molecule is CN1C2CCC1CC(c1ncc(C=O)s1)C2. The third-order valence-electron chi connectivity index (χ3n) is 4.11. The molecule has 3 heterocycles. The van der Waals surface area contributed by atoms with Crippen molar-refractivity contribution in [2.24, 2.45) is 0 Å². The van der Waals surface area contributed by atoms with Gasteiger partial charge in [0.25, 0.3) is 0 Å². The first-order valence-electron chi connectivity index (χ1n) is 5.90. The minimum Gasteiger partial charge on any atom is -0.300 e. The lowest BCUT2D eigenvalue weighted by molar-refractivity contribution is 0.112. The molecule has 2 aliphatic heterocycles. The van der Waals surface area contributed by atoms with Gasteiger partial charge in [0.05, 0.1) is 9.88 Å². The number of piperidine rings is 1. The van der Waals surface area contributed by atoms with Crippen LogP contribution in [0.15, 0.2) is 6.20 Å². The molecule has 0 spiro atoms. The predicted molar refractivity (Wildman–Crippen MR) is 64.0 cm³/mol. The van der Waals surface area contributed by atoms with E-state index in [9.17, 15) is 4.79 Å². The molecule has 86 valence electrons. The van der Waals surface area contributed by atoms with Gasteiger partial charge in [0.2, 0.25) is 0 Å². The summed E-state index contributed by atoms with van der Waals surface area (Å²) in [5, 5.41) is 1.17. The fourth-order valence-corrected chi connectivity index (χ4v) is 4.02. The third kappa shape index (κ3) is 1.60. The molecule has 2 atom stereocenters. The quantitative estimate of drug-likeness (QED) is 0.739. The molecule has 0 N–H and O–H groups in total. The van der Waals surface area contributed by atoms with Gasteiger partial charge in [-0.15, -0.1) is 11.3 Å². The largest absolute Gasteiger partial charge is 0.300 e. The van der Waals surface area contributed by atoms with Gasteiger partial charge in [0.1, 0.15) is 0 Å². The number of carbonyl (C=O) groups excluding carboxylic acids is 1. The summed E-state index contributed by atoms with van der Waals surface area (Å²) in [7, 11) is 2.25. The fraction of sp³-hybridized carbons (Fsp3) is 0.667. The number of hydrogen-bond donors (Lipinski definition) is 0.